The first-order valence-electron chi connectivity index (χ1n) is 15.3. The van der Waals surface area contributed by atoms with E-state index in [4.69, 9.17) is 23.2 Å². The molecule has 1 atom stereocenters. The normalized spacial score (nSPS) is 14.1. The molecule has 0 unspecified atom stereocenters. The Kier molecular flexibility index (Phi) is 11.0. The van der Waals surface area contributed by atoms with Crippen LogP contribution in [0.2, 0.25) is 10.0 Å². The lowest BCUT2D eigenvalue weighted by molar-refractivity contribution is -0.140. The number of hydrogen-bond acceptors (Lipinski definition) is 4. The summed E-state index contributed by atoms with van der Waals surface area (Å²) < 4.78 is 29.4. The van der Waals surface area contributed by atoms with Crippen LogP contribution < -0.4 is 9.62 Å². The van der Waals surface area contributed by atoms with Gasteiger partial charge < -0.3 is 10.2 Å². The average molecular weight is 679 g/mol. The van der Waals surface area contributed by atoms with Gasteiger partial charge in [0.2, 0.25) is 11.8 Å². The van der Waals surface area contributed by atoms with Gasteiger partial charge >= 0.3 is 0 Å². The van der Waals surface area contributed by atoms with E-state index < -0.39 is 28.5 Å². The number of carbonyl (C=O) groups excluding carboxylic acids is 2. The maximum absolute atomic E-state index is 14.6. The summed E-state index contributed by atoms with van der Waals surface area (Å²) >= 11 is 12.6. The minimum Gasteiger partial charge on any atom is -0.352 e. The largest absolute Gasteiger partial charge is 0.352 e. The monoisotopic (exact) mass is 677 g/mol. The molecular weight excluding hydrogens is 641 g/mol. The fourth-order valence-corrected chi connectivity index (χ4v) is 7.44. The first-order valence-corrected chi connectivity index (χ1v) is 17.5. The van der Waals surface area contributed by atoms with Crippen LogP contribution in [0, 0.1) is 6.92 Å². The zero-order chi connectivity index (χ0) is 32.7. The van der Waals surface area contributed by atoms with Gasteiger partial charge in [-0.25, -0.2) is 8.42 Å². The summed E-state index contributed by atoms with van der Waals surface area (Å²) in [7, 11) is -4.22. The van der Waals surface area contributed by atoms with Gasteiger partial charge in [-0.1, -0.05) is 102 Å². The molecule has 0 spiro atoms. The predicted octanol–water partition coefficient (Wildman–Crippen LogP) is 7.20. The average Bonchev–Trinajstić information content (AvgIpc) is 3.56. The van der Waals surface area contributed by atoms with Crippen molar-refractivity contribution >= 4 is 50.7 Å². The number of anilines is 1. The van der Waals surface area contributed by atoms with Crippen molar-refractivity contribution in [3.05, 3.63) is 130 Å². The number of halogens is 2. The molecule has 5 rings (SSSR count). The molecule has 1 saturated carbocycles. The molecule has 2 amide bonds. The molecule has 4 aromatic carbocycles. The Morgan fingerprint density at radius 1 is 0.848 bits per heavy atom. The molecule has 240 valence electrons. The molecular formula is C36H37Cl2N3O4S. The zero-order valence-electron chi connectivity index (χ0n) is 25.6. The number of carbonyl (C=O) groups is 2. The van der Waals surface area contributed by atoms with Crippen LogP contribution in [0.15, 0.2) is 108 Å². The van der Waals surface area contributed by atoms with Gasteiger partial charge in [-0.2, -0.15) is 0 Å². The minimum absolute atomic E-state index is 0.0107. The van der Waals surface area contributed by atoms with Gasteiger partial charge in [0.05, 0.1) is 10.6 Å². The second kappa shape index (κ2) is 15.2. The second-order valence-corrected chi connectivity index (χ2v) is 14.3. The van der Waals surface area contributed by atoms with E-state index in [-0.39, 0.29) is 29.8 Å². The van der Waals surface area contributed by atoms with Crippen LogP contribution in [0.3, 0.4) is 0 Å². The smallest absolute Gasteiger partial charge is 0.264 e. The maximum Gasteiger partial charge on any atom is 0.264 e. The number of amides is 2. The van der Waals surface area contributed by atoms with E-state index >= 15 is 0 Å². The van der Waals surface area contributed by atoms with Gasteiger partial charge in [-0.05, 0) is 73.4 Å². The van der Waals surface area contributed by atoms with Crippen molar-refractivity contribution in [2.24, 2.45) is 0 Å². The van der Waals surface area contributed by atoms with Crippen LogP contribution in [0.5, 0.6) is 0 Å². The van der Waals surface area contributed by atoms with Gasteiger partial charge in [0, 0.05) is 29.1 Å². The molecule has 0 aliphatic heterocycles. The number of sulfonamides is 1. The quantitative estimate of drug-likeness (QED) is 0.172. The molecule has 0 bridgehead atoms. The third kappa shape index (κ3) is 8.29. The molecule has 1 fully saturated rings. The van der Waals surface area contributed by atoms with Crippen LogP contribution in [0.4, 0.5) is 5.69 Å². The summed E-state index contributed by atoms with van der Waals surface area (Å²) in [6, 6.07) is 28.5. The molecule has 46 heavy (non-hydrogen) atoms. The van der Waals surface area contributed by atoms with E-state index in [0.29, 0.717) is 21.3 Å². The van der Waals surface area contributed by atoms with Crippen molar-refractivity contribution in [1.29, 1.82) is 0 Å². The van der Waals surface area contributed by atoms with Crippen LogP contribution in [-0.2, 0) is 32.6 Å². The first-order chi connectivity index (χ1) is 22.1. The lowest BCUT2D eigenvalue weighted by atomic mass is 10.0. The summed E-state index contributed by atoms with van der Waals surface area (Å²) in [4.78, 5) is 30.1. The second-order valence-electron chi connectivity index (χ2n) is 11.6. The highest BCUT2D eigenvalue weighted by molar-refractivity contribution is 7.92. The molecule has 10 heteroatoms. The third-order valence-electron chi connectivity index (χ3n) is 8.27. The lowest BCUT2D eigenvalue weighted by Gasteiger charge is -2.34. The number of benzene rings is 4. The summed E-state index contributed by atoms with van der Waals surface area (Å²) in [5, 5.41) is 4.01. The van der Waals surface area contributed by atoms with Gasteiger partial charge in [-0.3, -0.25) is 13.9 Å². The summed E-state index contributed by atoms with van der Waals surface area (Å²) in [5.41, 5.74) is 2.77. The molecule has 1 aliphatic carbocycles. The van der Waals surface area contributed by atoms with Crippen molar-refractivity contribution in [2.45, 2.75) is 62.6 Å². The zero-order valence-corrected chi connectivity index (χ0v) is 27.9. The molecule has 7 nitrogen and oxygen atoms in total. The Morgan fingerprint density at radius 3 is 2.13 bits per heavy atom. The molecule has 0 aromatic heterocycles. The molecule has 0 radical (unpaired) electrons. The summed E-state index contributed by atoms with van der Waals surface area (Å²) in [6.45, 7) is 1.37. The van der Waals surface area contributed by atoms with Gasteiger partial charge in [-0.15, -0.1) is 0 Å². The number of hydrogen-bond donors (Lipinski definition) is 1. The number of nitrogens with one attached hydrogen (secondary N) is 1. The molecule has 1 aliphatic rings. The lowest BCUT2D eigenvalue weighted by Crippen LogP contribution is -2.54. The molecule has 1 N–H and O–H groups in total. The first kappa shape index (κ1) is 33.5. The van der Waals surface area contributed by atoms with Crippen molar-refractivity contribution in [1.82, 2.24) is 10.2 Å². The van der Waals surface area contributed by atoms with Crippen molar-refractivity contribution in [3.63, 3.8) is 0 Å². The van der Waals surface area contributed by atoms with Crippen LogP contribution >= 0.6 is 23.2 Å². The van der Waals surface area contributed by atoms with E-state index in [9.17, 15) is 18.0 Å². The Balaban J connectivity index is 1.57. The van der Waals surface area contributed by atoms with E-state index in [1.165, 1.54) is 29.2 Å². The summed E-state index contributed by atoms with van der Waals surface area (Å²) in [5.74, 6) is -0.820. The van der Waals surface area contributed by atoms with E-state index in [1.54, 1.807) is 42.5 Å². The number of rotatable bonds is 12. The van der Waals surface area contributed by atoms with Crippen LogP contribution in [-0.4, -0.2) is 43.8 Å². The Hall–Kier alpha value is -3.85. The van der Waals surface area contributed by atoms with Gasteiger partial charge in [0.25, 0.3) is 10.0 Å². The molecule has 0 saturated heterocycles. The Bertz CT molecular complexity index is 1740. The Labute approximate surface area is 281 Å². The van der Waals surface area contributed by atoms with E-state index in [0.717, 1.165) is 41.1 Å². The van der Waals surface area contributed by atoms with Gasteiger partial charge in [0.1, 0.15) is 12.6 Å². The van der Waals surface area contributed by atoms with Gasteiger partial charge in [0.15, 0.2) is 0 Å². The molecule has 0 heterocycles. The Morgan fingerprint density at radius 2 is 1.48 bits per heavy atom. The predicted molar refractivity (Wildman–Crippen MR) is 183 cm³/mol. The van der Waals surface area contributed by atoms with Crippen molar-refractivity contribution in [3.8, 4) is 0 Å². The van der Waals surface area contributed by atoms with E-state index in [1.807, 2.05) is 43.3 Å². The molecule has 4 aromatic rings. The SMILES string of the molecule is Cc1ccc(N(CC(=O)N(Cc2ccccc2Cl)[C@@H](Cc2ccccc2)C(=O)NC2CCCC2)S(=O)(=O)c2ccc(Cl)cc2)cc1. The van der Waals surface area contributed by atoms with Crippen LogP contribution in [0.1, 0.15) is 42.4 Å². The van der Waals surface area contributed by atoms with E-state index in [2.05, 4.69) is 5.32 Å². The summed E-state index contributed by atoms with van der Waals surface area (Å²) in [6.07, 6.45) is 4.06. The van der Waals surface area contributed by atoms with Crippen LogP contribution in [0.25, 0.3) is 0 Å². The van der Waals surface area contributed by atoms with Crippen molar-refractivity contribution < 1.29 is 18.0 Å². The topological polar surface area (TPSA) is 86.8 Å². The fraction of sp³-hybridized carbons (Fsp3) is 0.278. The number of aryl methyl sites for hydroxylation is 1. The maximum atomic E-state index is 14.6. The number of nitrogens with zero attached hydrogens (tertiary/aromatic N) is 2. The van der Waals surface area contributed by atoms with Crippen molar-refractivity contribution in [2.75, 3.05) is 10.8 Å². The fourth-order valence-electron chi connectivity index (χ4n) is 5.71. The highest BCUT2D eigenvalue weighted by Crippen LogP contribution is 2.27. The third-order valence-corrected chi connectivity index (χ3v) is 10.7. The standard InChI is InChI=1S/C36H37Cl2N3O4S/c1-26-15-19-31(20-16-26)41(46(44,45)32-21-17-29(37)18-22-32)25-35(42)40(24-28-11-5-8-14-33(28)38)34(23-27-9-3-2-4-10-27)36(43)39-30-12-6-7-13-30/h2-5,8-11,14-22,30,34H,6-7,12-13,23-25H2,1H3,(H,39,43)/t34-/m0/s1. The minimum atomic E-state index is -4.22. The highest BCUT2D eigenvalue weighted by Gasteiger charge is 2.35. The highest BCUT2D eigenvalue weighted by atomic mass is 35.5.